The second-order valence-corrected chi connectivity index (χ2v) is 9.21. The van der Waals surface area contributed by atoms with Gasteiger partial charge in [-0.2, -0.15) is 0 Å². The van der Waals surface area contributed by atoms with Crippen LogP contribution in [0.2, 0.25) is 0 Å². The van der Waals surface area contributed by atoms with Gasteiger partial charge in [-0.05, 0) is 67.4 Å². The highest BCUT2D eigenvalue weighted by Gasteiger charge is 2.26. The molecule has 0 atom stereocenters. The van der Waals surface area contributed by atoms with Crippen molar-refractivity contribution in [1.29, 1.82) is 0 Å². The Hall–Kier alpha value is -3.91. The van der Waals surface area contributed by atoms with E-state index in [1.165, 1.54) is 11.9 Å². The maximum absolute atomic E-state index is 13.0. The third-order valence-electron chi connectivity index (χ3n) is 5.97. The van der Waals surface area contributed by atoms with Gasteiger partial charge in [0.1, 0.15) is 5.69 Å². The Morgan fingerprint density at radius 1 is 0.829 bits per heavy atom. The molecule has 0 spiro atoms. The van der Waals surface area contributed by atoms with Gasteiger partial charge in [0, 0.05) is 54.7 Å². The predicted octanol–water partition coefficient (Wildman–Crippen LogP) is 4.66. The van der Waals surface area contributed by atoms with Crippen molar-refractivity contribution >= 4 is 40.4 Å². The Bertz CT molecular complexity index is 1360. The SMILES string of the molecule is Cc1cccc(C(=O)N2CCN(C(=O)c3ccc(NSc4cccc5cccnc45)cc3)CC2)n1. The largest absolute Gasteiger partial charge is 0.335 e. The maximum atomic E-state index is 13.0. The zero-order chi connectivity index (χ0) is 24.2. The molecule has 35 heavy (non-hydrogen) atoms. The molecule has 0 radical (unpaired) electrons. The molecule has 0 saturated carbocycles. The molecule has 1 N–H and O–H groups in total. The number of benzene rings is 2. The van der Waals surface area contributed by atoms with Crippen molar-refractivity contribution in [2.75, 3.05) is 30.9 Å². The van der Waals surface area contributed by atoms with Gasteiger partial charge < -0.3 is 14.5 Å². The number of anilines is 1. The van der Waals surface area contributed by atoms with Crippen LogP contribution in [0.3, 0.4) is 0 Å². The van der Waals surface area contributed by atoms with Gasteiger partial charge in [0.05, 0.1) is 10.4 Å². The van der Waals surface area contributed by atoms with Crippen LogP contribution in [0.5, 0.6) is 0 Å². The minimum absolute atomic E-state index is 0.0248. The van der Waals surface area contributed by atoms with Gasteiger partial charge in [-0.3, -0.25) is 14.6 Å². The summed E-state index contributed by atoms with van der Waals surface area (Å²) in [6.07, 6.45) is 1.79. The molecular weight excluding hydrogens is 458 g/mol. The Balaban J connectivity index is 1.17. The summed E-state index contributed by atoms with van der Waals surface area (Å²) in [4.78, 5) is 39.1. The number of piperazine rings is 1. The van der Waals surface area contributed by atoms with Crippen molar-refractivity contribution in [3.05, 3.63) is 95.9 Å². The number of aromatic nitrogens is 2. The molecule has 7 nitrogen and oxygen atoms in total. The summed E-state index contributed by atoms with van der Waals surface area (Å²) < 4.78 is 3.34. The highest BCUT2D eigenvalue weighted by Crippen LogP contribution is 2.27. The predicted molar refractivity (Wildman–Crippen MR) is 138 cm³/mol. The number of pyridine rings is 2. The number of para-hydroxylation sites is 1. The molecule has 8 heteroatoms. The highest BCUT2D eigenvalue weighted by atomic mass is 32.2. The molecule has 1 saturated heterocycles. The first kappa shape index (κ1) is 22.9. The molecule has 4 aromatic rings. The zero-order valence-electron chi connectivity index (χ0n) is 19.3. The molecule has 0 bridgehead atoms. The standard InChI is InChI=1S/C27H25N5O2S/c1-19-5-2-8-23(29-19)27(34)32-17-15-31(16-18-32)26(33)21-10-12-22(13-11-21)30-35-24-9-3-6-20-7-4-14-28-25(20)24/h2-14,30H,15-18H2,1H3. The third kappa shape index (κ3) is 5.12. The number of hydrogen-bond donors (Lipinski definition) is 1. The van der Waals surface area contributed by atoms with Gasteiger partial charge in [-0.25, -0.2) is 4.98 Å². The van der Waals surface area contributed by atoms with Crippen LogP contribution in [0.4, 0.5) is 5.69 Å². The first-order valence-corrected chi connectivity index (χ1v) is 12.3. The second-order valence-electron chi connectivity index (χ2n) is 8.36. The van der Waals surface area contributed by atoms with E-state index >= 15 is 0 Å². The van der Waals surface area contributed by atoms with Crippen molar-refractivity contribution in [1.82, 2.24) is 19.8 Å². The van der Waals surface area contributed by atoms with Gasteiger partial charge in [0.2, 0.25) is 0 Å². The number of rotatable bonds is 5. The van der Waals surface area contributed by atoms with E-state index < -0.39 is 0 Å². The topological polar surface area (TPSA) is 78.4 Å². The van der Waals surface area contributed by atoms with E-state index in [0.717, 1.165) is 27.2 Å². The van der Waals surface area contributed by atoms with Gasteiger partial charge in [0.25, 0.3) is 11.8 Å². The second kappa shape index (κ2) is 10.1. The first-order valence-electron chi connectivity index (χ1n) is 11.5. The minimum atomic E-state index is -0.0879. The number of aryl methyl sites for hydroxylation is 1. The van der Waals surface area contributed by atoms with Crippen LogP contribution in [0.1, 0.15) is 26.5 Å². The molecular formula is C27H25N5O2S. The lowest BCUT2D eigenvalue weighted by Gasteiger charge is -2.34. The van der Waals surface area contributed by atoms with E-state index in [4.69, 9.17) is 0 Å². The van der Waals surface area contributed by atoms with Crippen molar-refractivity contribution < 1.29 is 9.59 Å². The monoisotopic (exact) mass is 483 g/mol. The molecule has 1 aliphatic rings. The van der Waals surface area contributed by atoms with Crippen LogP contribution < -0.4 is 4.72 Å². The van der Waals surface area contributed by atoms with Crippen molar-refractivity contribution in [2.45, 2.75) is 11.8 Å². The van der Waals surface area contributed by atoms with Crippen LogP contribution >= 0.6 is 11.9 Å². The summed E-state index contributed by atoms with van der Waals surface area (Å²) in [5, 5.41) is 1.09. The van der Waals surface area contributed by atoms with Gasteiger partial charge in [0.15, 0.2) is 0 Å². The van der Waals surface area contributed by atoms with E-state index in [1.807, 2.05) is 73.7 Å². The van der Waals surface area contributed by atoms with Crippen LogP contribution in [0.25, 0.3) is 10.9 Å². The molecule has 176 valence electrons. The lowest BCUT2D eigenvalue weighted by molar-refractivity contribution is 0.0532. The maximum Gasteiger partial charge on any atom is 0.272 e. The fraction of sp³-hybridized carbons (Fsp3) is 0.185. The van der Waals surface area contributed by atoms with Crippen LogP contribution in [0, 0.1) is 6.92 Å². The van der Waals surface area contributed by atoms with E-state index in [2.05, 4.69) is 14.7 Å². The summed E-state index contributed by atoms with van der Waals surface area (Å²) in [7, 11) is 0. The molecule has 1 fully saturated rings. The highest BCUT2D eigenvalue weighted by molar-refractivity contribution is 8.00. The summed E-state index contributed by atoms with van der Waals surface area (Å²) in [6, 6.07) is 23.0. The quantitative estimate of drug-likeness (QED) is 0.416. The summed E-state index contributed by atoms with van der Waals surface area (Å²) >= 11 is 1.50. The van der Waals surface area contributed by atoms with Crippen LogP contribution in [0.15, 0.2) is 83.9 Å². The molecule has 2 aromatic heterocycles. The number of carbonyl (C=O) groups is 2. The van der Waals surface area contributed by atoms with Gasteiger partial charge in [-0.15, -0.1) is 0 Å². The van der Waals surface area contributed by atoms with Crippen molar-refractivity contribution in [3.63, 3.8) is 0 Å². The number of amides is 2. The van der Waals surface area contributed by atoms with Crippen molar-refractivity contribution in [3.8, 4) is 0 Å². The number of nitrogens with zero attached hydrogens (tertiary/aromatic N) is 4. The molecule has 0 aliphatic carbocycles. The molecule has 1 aliphatic heterocycles. The third-order valence-corrected chi connectivity index (χ3v) is 6.86. The van der Waals surface area contributed by atoms with E-state index in [0.29, 0.717) is 37.4 Å². The smallest absolute Gasteiger partial charge is 0.272 e. The minimum Gasteiger partial charge on any atom is -0.335 e. The summed E-state index contributed by atoms with van der Waals surface area (Å²) in [5.74, 6) is -0.113. The van der Waals surface area contributed by atoms with Crippen molar-refractivity contribution in [2.24, 2.45) is 0 Å². The number of fused-ring (bicyclic) bond motifs is 1. The lowest BCUT2D eigenvalue weighted by Crippen LogP contribution is -2.50. The van der Waals surface area contributed by atoms with Gasteiger partial charge in [-0.1, -0.05) is 24.3 Å². The molecule has 3 heterocycles. The molecule has 2 amide bonds. The van der Waals surface area contributed by atoms with E-state index in [9.17, 15) is 9.59 Å². The fourth-order valence-corrected chi connectivity index (χ4v) is 4.85. The zero-order valence-corrected chi connectivity index (χ0v) is 20.2. The van der Waals surface area contributed by atoms with E-state index in [-0.39, 0.29) is 11.8 Å². The average Bonchev–Trinajstić information content (AvgIpc) is 2.91. The normalized spacial score (nSPS) is 13.6. The number of nitrogens with one attached hydrogen (secondary N) is 1. The number of carbonyl (C=O) groups excluding carboxylic acids is 2. The summed E-state index contributed by atoms with van der Waals surface area (Å²) in [6.45, 7) is 3.86. The Morgan fingerprint density at radius 3 is 2.26 bits per heavy atom. The Labute approximate surface area is 208 Å². The molecule has 5 rings (SSSR count). The Kier molecular flexibility index (Phi) is 6.63. The summed E-state index contributed by atoms with van der Waals surface area (Å²) in [5.41, 5.74) is 3.75. The van der Waals surface area contributed by atoms with Crippen LogP contribution in [-0.2, 0) is 0 Å². The fourth-order valence-electron chi connectivity index (χ4n) is 4.07. The van der Waals surface area contributed by atoms with Gasteiger partial charge >= 0.3 is 0 Å². The molecule has 2 aromatic carbocycles. The number of hydrogen-bond acceptors (Lipinski definition) is 6. The first-order chi connectivity index (χ1) is 17.1. The average molecular weight is 484 g/mol. The Morgan fingerprint density at radius 2 is 1.51 bits per heavy atom. The molecule has 0 unspecified atom stereocenters. The van der Waals surface area contributed by atoms with E-state index in [1.54, 1.807) is 22.1 Å². The van der Waals surface area contributed by atoms with Crippen LogP contribution in [-0.4, -0.2) is 57.8 Å². The lowest BCUT2D eigenvalue weighted by atomic mass is 10.1.